The molecule has 6 nitrogen and oxygen atoms in total. The lowest BCUT2D eigenvalue weighted by atomic mass is 10.1. The van der Waals surface area contributed by atoms with Crippen molar-refractivity contribution in [2.45, 2.75) is 20.4 Å². The molecule has 0 amide bonds. The van der Waals surface area contributed by atoms with E-state index in [0.717, 1.165) is 16.1 Å². The smallest absolute Gasteiger partial charge is 0.337 e. The van der Waals surface area contributed by atoms with E-state index in [1.165, 1.54) is 18.4 Å². The van der Waals surface area contributed by atoms with Crippen molar-refractivity contribution in [3.8, 4) is 0 Å². The molecule has 0 spiro atoms. The van der Waals surface area contributed by atoms with Gasteiger partial charge in [0.25, 0.3) is 0 Å². The molecule has 2 N–H and O–H groups in total. The lowest BCUT2D eigenvalue weighted by Crippen LogP contribution is -2.26. The van der Waals surface area contributed by atoms with Gasteiger partial charge in [0.1, 0.15) is 16.6 Å². The van der Waals surface area contributed by atoms with Crippen molar-refractivity contribution >= 4 is 28.7 Å². The number of thiazole rings is 1. The Morgan fingerprint density at radius 1 is 1.36 bits per heavy atom. The minimum atomic E-state index is -0.378. The summed E-state index contributed by atoms with van der Waals surface area (Å²) in [5.74, 6) is 0.0600. The average molecular weight is 357 g/mol. The van der Waals surface area contributed by atoms with Crippen molar-refractivity contribution in [3.63, 3.8) is 0 Å². The van der Waals surface area contributed by atoms with Crippen molar-refractivity contribution in [1.82, 2.24) is 9.88 Å². The second-order valence-electron chi connectivity index (χ2n) is 5.88. The molecule has 0 saturated heterocycles. The normalized spacial score (nSPS) is 14.4. The highest BCUT2D eigenvalue weighted by molar-refractivity contribution is 7.13. The first-order valence-corrected chi connectivity index (χ1v) is 8.60. The second kappa shape index (κ2) is 6.68. The van der Waals surface area contributed by atoms with E-state index < -0.39 is 0 Å². The Bertz CT molecular complexity index is 849. The number of nitrogens with one attached hydrogen (secondary N) is 1. The van der Waals surface area contributed by atoms with Crippen molar-refractivity contribution in [1.29, 1.82) is 5.41 Å². The van der Waals surface area contributed by atoms with E-state index in [2.05, 4.69) is 9.72 Å². The van der Waals surface area contributed by atoms with Crippen LogP contribution in [0.3, 0.4) is 0 Å². The van der Waals surface area contributed by atoms with Gasteiger partial charge in [-0.15, -0.1) is 11.3 Å². The maximum atomic E-state index is 11.5. The standard InChI is InChI=1S/C18H19N3O3S/c1-10-11(2)25-17(20-10)15-14(22)9-21(16(15)19)8-12-4-6-13(7-5-12)18(23)24-3/h4-7,19,22H,8-9H2,1-3H3. The van der Waals surface area contributed by atoms with Crippen molar-refractivity contribution in [3.05, 3.63) is 56.7 Å². The van der Waals surface area contributed by atoms with Crippen LogP contribution in [0.2, 0.25) is 0 Å². The van der Waals surface area contributed by atoms with Gasteiger partial charge in [0, 0.05) is 11.4 Å². The first kappa shape index (κ1) is 17.2. The Morgan fingerprint density at radius 3 is 2.60 bits per heavy atom. The first-order chi connectivity index (χ1) is 11.9. The predicted molar refractivity (Wildman–Crippen MR) is 97.1 cm³/mol. The van der Waals surface area contributed by atoms with Crippen molar-refractivity contribution in [2.24, 2.45) is 0 Å². The van der Waals surface area contributed by atoms with Gasteiger partial charge in [0.15, 0.2) is 0 Å². The molecule has 1 aromatic heterocycles. The molecule has 7 heteroatoms. The molecular formula is C18H19N3O3S. The zero-order valence-electron chi connectivity index (χ0n) is 14.3. The lowest BCUT2D eigenvalue weighted by molar-refractivity contribution is 0.0600. The Hall–Kier alpha value is -2.67. The van der Waals surface area contributed by atoms with E-state index in [9.17, 15) is 9.90 Å². The Balaban J connectivity index is 1.76. The van der Waals surface area contributed by atoms with Crippen LogP contribution in [0.15, 0.2) is 30.0 Å². The molecule has 1 aliphatic rings. The van der Waals surface area contributed by atoms with Gasteiger partial charge >= 0.3 is 5.97 Å². The minimum Gasteiger partial charge on any atom is -0.510 e. The molecule has 3 rings (SSSR count). The van der Waals surface area contributed by atoms with Gasteiger partial charge in [-0.2, -0.15) is 0 Å². The van der Waals surface area contributed by atoms with Gasteiger partial charge in [-0.1, -0.05) is 12.1 Å². The van der Waals surface area contributed by atoms with Crippen LogP contribution in [0.1, 0.15) is 31.5 Å². The van der Waals surface area contributed by atoms with Crippen LogP contribution in [0.4, 0.5) is 0 Å². The number of aliphatic hydroxyl groups excluding tert-OH is 1. The van der Waals surface area contributed by atoms with Crippen molar-refractivity contribution < 1.29 is 14.6 Å². The molecule has 25 heavy (non-hydrogen) atoms. The monoisotopic (exact) mass is 357 g/mol. The third kappa shape index (κ3) is 3.28. The topological polar surface area (TPSA) is 86.5 Å². The van der Waals surface area contributed by atoms with E-state index in [1.807, 2.05) is 26.0 Å². The lowest BCUT2D eigenvalue weighted by Gasteiger charge is -2.18. The summed E-state index contributed by atoms with van der Waals surface area (Å²) < 4.78 is 4.69. The molecule has 1 aromatic carbocycles. The van der Waals surface area contributed by atoms with E-state index in [1.54, 1.807) is 17.0 Å². The largest absolute Gasteiger partial charge is 0.510 e. The highest BCUT2D eigenvalue weighted by Gasteiger charge is 2.30. The number of hydrogen-bond donors (Lipinski definition) is 2. The summed E-state index contributed by atoms with van der Waals surface area (Å²) in [6, 6.07) is 7.05. The highest BCUT2D eigenvalue weighted by Crippen LogP contribution is 2.32. The van der Waals surface area contributed by atoms with Gasteiger partial charge in [-0.05, 0) is 31.5 Å². The molecule has 0 unspecified atom stereocenters. The average Bonchev–Trinajstić information content (AvgIpc) is 3.06. The molecule has 0 saturated carbocycles. The molecule has 0 bridgehead atoms. The fraction of sp³-hybridized carbons (Fsp3) is 0.278. The highest BCUT2D eigenvalue weighted by atomic mass is 32.1. The summed E-state index contributed by atoms with van der Waals surface area (Å²) in [5, 5.41) is 19.4. The number of benzene rings is 1. The fourth-order valence-corrected chi connectivity index (χ4v) is 3.64. The molecular weight excluding hydrogens is 338 g/mol. The molecule has 0 fully saturated rings. The number of esters is 1. The predicted octanol–water partition coefficient (Wildman–Crippen LogP) is 3.31. The summed E-state index contributed by atoms with van der Waals surface area (Å²) in [4.78, 5) is 18.8. The number of amidine groups is 1. The van der Waals surface area contributed by atoms with Crippen LogP contribution in [0.5, 0.6) is 0 Å². The third-order valence-corrected chi connectivity index (χ3v) is 5.26. The molecule has 1 aliphatic heterocycles. The molecule has 0 atom stereocenters. The first-order valence-electron chi connectivity index (χ1n) is 7.78. The number of hydrogen-bond acceptors (Lipinski definition) is 6. The van der Waals surface area contributed by atoms with Gasteiger partial charge in [0.05, 0.1) is 30.5 Å². The van der Waals surface area contributed by atoms with Crippen LogP contribution < -0.4 is 0 Å². The maximum absolute atomic E-state index is 11.5. The summed E-state index contributed by atoms with van der Waals surface area (Å²) in [5.41, 5.74) is 2.86. The minimum absolute atomic E-state index is 0.171. The number of ether oxygens (including phenoxy) is 1. The summed E-state index contributed by atoms with van der Waals surface area (Å²) in [6.45, 7) is 4.65. The molecule has 2 aromatic rings. The summed E-state index contributed by atoms with van der Waals surface area (Å²) >= 11 is 1.49. The molecule has 2 heterocycles. The zero-order chi connectivity index (χ0) is 18.1. The van der Waals surface area contributed by atoms with E-state index in [-0.39, 0.29) is 24.1 Å². The molecule has 130 valence electrons. The van der Waals surface area contributed by atoms with Crippen LogP contribution in [-0.4, -0.2) is 40.4 Å². The van der Waals surface area contributed by atoms with Gasteiger partial charge in [-0.25, -0.2) is 9.78 Å². The Labute approximate surface area is 149 Å². The summed E-state index contributed by atoms with van der Waals surface area (Å²) in [6.07, 6.45) is 0. The molecule has 0 radical (unpaired) electrons. The van der Waals surface area contributed by atoms with Gasteiger partial charge in [-0.3, -0.25) is 5.41 Å². The number of aromatic nitrogens is 1. The zero-order valence-corrected chi connectivity index (χ0v) is 15.1. The number of aryl methyl sites for hydroxylation is 2. The number of aliphatic hydroxyl groups is 1. The number of carbonyl (C=O) groups is 1. The number of carbonyl (C=O) groups excluding carboxylic acids is 1. The molecule has 0 aliphatic carbocycles. The quantitative estimate of drug-likeness (QED) is 0.820. The van der Waals surface area contributed by atoms with E-state index in [0.29, 0.717) is 22.7 Å². The van der Waals surface area contributed by atoms with Gasteiger partial charge < -0.3 is 14.7 Å². The number of methoxy groups -OCH3 is 1. The second-order valence-corrected chi connectivity index (χ2v) is 7.08. The van der Waals surface area contributed by atoms with Crippen molar-refractivity contribution in [2.75, 3.05) is 13.7 Å². The maximum Gasteiger partial charge on any atom is 0.337 e. The van der Waals surface area contributed by atoms with Crippen LogP contribution >= 0.6 is 11.3 Å². The van der Waals surface area contributed by atoms with E-state index >= 15 is 0 Å². The Morgan fingerprint density at radius 2 is 2.04 bits per heavy atom. The van der Waals surface area contributed by atoms with Crippen LogP contribution in [0, 0.1) is 19.3 Å². The van der Waals surface area contributed by atoms with Crippen LogP contribution in [-0.2, 0) is 11.3 Å². The van der Waals surface area contributed by atoms with Crippen LogP contribution in [0.25, 0.3) is 5.57 Å². The third-order valence-electron chi connectivity index (χ3n) is 4.17. The number of rotatable bonds is 4. The number of nitrogens with zero attached hydrogens (tertiary/aromatic N) is 2. The summed E-state index contributed by atoms with van der Waals surface area (Å²) in [7, 11) is 1.35. The van der Waals surface area contributed by atoms with Gasteiger partial charge in [0.2, 0.25) is 0 Å². The fourth-order valence-electron chi connectivity index (χ4n) is 2.66. The van der Waals surface area contributed by atoms with E-state index in [4.69, 9.17) is 5.41 Å². The Kier molecular flexibility index (Phi) is 4.59. The SMILES string of the molecule is COC(=O)c1ccc(CN2CC(O)=C(c3nc(C)c(C)s3)C2=N)cc1.